The first-order valence-corrected chi connectivity index (χ1v) is 7.00. The first-order valence-electron chi connectivity index (χ1n) is 6.62. The first kappa shape index (κ1) is 11.9. The maximum atomic E-state index is 6.18. The standard InChI is InChI=1S/C15H13ClN4/c1-8-9(2)20-14(18-19-15(20)13(16)17-8)12-7-10-5-3-4-6-11(10)12/h3-6,12H,7H2,1-2H3. The molecule has 0 saturated heterocycles. The van der Waals surface area contributed by atoms with Crippen LogP contribution in [0, 0.1) is 13.8 Å². The van der Waals surface area contributed by atoms with Crippen LogP contribution in [-0.4, -0.2) is 19.6 Å². The Bertz CT molecular complexity index is 837. The Morgan fingerprint density at radius 1 is 1.20 bits per heavy atom. The molecule has 0 amide bonds. The molecule has 20 heavy (non-hydrogen) atoms. The topological polar surface area (TPSA) is 43.1 Å². The highest BCUT2D eigenvalue weighted by Crippen LogP contribution is 2.39. The third-order valence-corrected chi connectivity index (χ3v) is 4.42. The van der Waals surface area contributed by atoms with E-state index < -0.39 is 0 Å². The number of fused-ring (bicyclic) bond motifs is 2. The lowest BCUT2D eigenvalue weighted by molar-refractivity contribution is 0.647. The van der Waals surface area contributed by atoms with Crippen LogP contribution in [0.3, 0.4) is 0 Å². The summed E-state index contributed by atoms with van der Waals surface area (Å²) in [6, 6.07) is 8.48. The number of benzene rings is 1. The van der Waals surface area contributed by atoms with Gasteiger partial charge in [-0.15, -0.1) is 10.2 Å². The van der Waals surface area contributed by atoms with Gasteiger partial charge in [0.15, 0.2) is 10.8 Å². The molecule has 0 N–H and O–H groups in total. The molecule has 0 aliphatic heterocycles. The van der Waals surface area contributed by atoms with Crippen molar-refractivity contribution in [2.75, 3.05) is 0 Å². The minimum atomic E-state index is 0.303. The molecule has 1 atom stereocenters. The summed E-state index contributed by atoms with van der Waals surface area (Å²) < 4.78 is 2.05. The van der Waals surface area contributed by atoms with Crippen LogP contribution in [0.2, 0.25) is 5.15 Å². The van der Waals surface area contributed by atoms with Gasteiger partial charge in [-0.2, -0.15) is 0 Å². The molecule has 2 heterocycles. The van der Waals surface area contributed by atoms with E-state index in [0.29, 0.717) is 16.7 Å². The van der Waals surface area contributed by atoms with Crippen LogP contribution in [0.4, 0.5) is 0 Å². The molecule has 0 radical (unpaired) electrons. The summed E-state index contributed by atoms with van der Waals surface area (Å²) in [4.78, 5) is 4.30. The zero-order valence-corrected chi connectivity index (χ0v) is 12.0. The summed E-state index contributed by atoms with van der Waals surface area (Å²) in [7, 11) is 0. The summed E-state index contributed by atoms with van der Waals surface area (Å²) in [6.45, 7) is 3.99. The molecule has 5 heteroatoms. The summed E-state index contributed by atoms with van der Waals surface area (Å²) in [5.41, 5.74) is 5.34. The molecule has 3 aromatic rings. The van der Waals surface area contributed by atoms with Gasteiger partial charge in [0.2, 0.25) is 0 Å². The molecule has 0 fully saturated rings. The van der Waals surface area contributed by atoms with Crippen molar-refractivity contribution >= 4 is 17.2 Å². The Balaban J connectivity index is 1.95. The summed E-state index contributed by atoms with van der Waals surface area (Å²) in [6.07, 6.45) is 1.01. The Hall–Kier alpha value is -1.94. The highest BCUT2D eigenvalue weighted by atomic mass is 35.5. The highest BCUT2D eigenvalue weighted by molar-refractivity contribution is 6.32. The molecule has 0 spiro atoms. The molecule has 100 valence electrons. The fourth-order valence-corrected chi connectivity index (χ4v) is 3.16. The van der Waals surface area contributed by atoms with Crippen molar-refractivity contribution in [1.29, 1.82) is 0 Å². The van der Waals surface area contributed by atoms with Crippen LogP contribution in [0.5, 0.6) is 0 Å². The number of rotatable bonds is 1. The van der Waals surface area contributed by atoms with E-state index in [4.69, 9.17) is 11.6 Å². The number of aromatic nitrogens is 4. The van der Waals surface area contributed by atoms with E-state index >= 15 is 0 Å². The van der Waals surface area contributed by atoms with Crippen LogP contribution in [0.1, 0.15) is 34.3 Å². The zero-order valence-electron chi connectivity index (χ0n) is 11.3. The predicted molar refractivity (Wildman–Crippen MR) is 77.3 cm³/mol. The van der Waals surface area contributed by atoms with Crippen LogP contribution in [0.15, 0.2) is 24.3 Å². The monoisotopic (exact) mass is 284 g/mol. The molecule has 2 aromatic heterocycles. The average Bonchev–Trinajstić information content (AvgIpc) is 2.83. The molecule has 1 aromatic carbocycles. The fraction of sp³-hybridized carbons (Fsp3) is 0.267. The lowest BCUT2D eigenvalue weighted by Crippen LogP contribution is -2.21. The van der Waals surface area contributed by atoms with E-state index in [0.717, 1.165) is 23.6 Å². The number of halogens is 1. The van der Waals surface area contributed by atoms with Crippen molar-refractivity contribution in [3.05, 3.63) is 57.8 Å². The van der Waals surface area contributed by atoms with Gasteiger partial charge in [-0.25, -0.2) is 4.98 Å². The lowest BCUT2D eigenvalue weighted by atomic mass is 9.77. The van der Waals surface area contributed by atoms with E-state index in [1.165, 1.54) is 11.1 Å². The maximum absolute atomic E-state index is 6.18. The summed E-state index contributed by atoms with van der Waals surface area (Å²) >= 11 is 6.18. The summed E-state index contributed by atoms with van der Waals surface area (Å²) in [5.74, 6) is 1.27. The average molecular weight is 285 g/mol. The molecule has 4 nitrogen and oxygen atoms in total. The normalized spacial score (nSPS) is 17.1. The van der Waals surface area contributed by atoms with Crippen LogP contribution < -0.4 is 0 Å². The van der Waals surface area contributed by atoms with E-state index in [1.54, 1.807) is 0 Å². The van der Waals surface area contributed by atoms with Crippen molar-refractivity contribution < 1.29 is 0 Å². The first-order chi connectivity index (χ1) is 9.66. The third-order valence-electron chi connectivity index (χ3n) is 4.16. The van der Waals surface area contributed by atoms with Gasteiger partial charge in [0.05, 0.1) is 5.69 Å². The van der Waals surface area contributed by atoms with E-state index in [-0.39, 0.29) is 0 Å². The molecular formula is C15H13ClN4. The lowest BCUT2D eigenvalue weighted by Gasteiger charge is -2.28. The second-order valence-corrected chi connectivity index (χ2v) is 5.60. The van der Waals surface area contributed by atoms with Crippen molar-refractivity contribution in [1.82, 2.24) is 19.6 Å². The van der Waals surface area contributed by atoms with Crippen molar-refractivity contribution in [3.8, 4) is 0 Å². The predicted octanol–water partition coefficient (Wildman–Crippen LogP) is 3.08. The van der Waals surface area contributed by atoms with Crippen LogP contribution in [0.25, 0.3) is 5.65 Å². The van der Waals surface area contributed by atoms with Gasteiger partial charge in [0, 0.05) is 11.6 Å². The maximum Gasteiger partial charge on any atom is 0.198 e. The SMILES string of the molecule is Cc1nc(Cl)c2nnc(C3Cc4ccccc43)n2c1C. The minimum Gasteiger partial charge on any atom is -0.279 e. The van der Waals surface area contributed by atoms with Gasteiger partial charge < -0.3 is 0 Å². The van der Waals surface area contributed by atoms with E-state index in [2.05, 4.69) is 39.4 Å². The second kappa shape index (κ2) is 4.03. The molecule has 1 unspecified atom stereocenters. The molecule has 1 aliphatic carbocycles. The number of hydrogen-bond donors (Lipinski definition) is 0. The Labute approximate surface area is 121 Å². The van der Waals surface area contributed by atoms with Gasteiger partial charge in [0.25, 0.3) is 0 Å². The smallest absolute Gasteiger partial charge is 0.198 e. The molecule has 0 bridgehead atoms. The molecule has 1 aliphatic rings. The van der Waals surface area contributed by atoms with E-state index in [9.17, 15) is 0 Å². The number of aryl methyl sites for hydroxylation is 2. The van der Waals surface area contributed by atoms with Gasteiger partial charge in [0.1, 0.15) is 5.82 Å². The van der Waals surface area contributed by atoms with Crippen molar-refractivity contribution in [2.45, 2.75) is 26.2 Å². The second-order valence-electron chi connectivity index (χ2n) is 5.25. The van der Waals surface area contributed by atoms with Crippen LogP contribution >= 0.6 is 11.6 Å². The van der Waals surface area contributed by atoms with Gasteiger partial charge in [-0.3, -0.25) is 4.40 Å². The minimum absolute atomic E-state index is 0.303. The van der Waals surface area contributed by atoms with Gasteiger partial charge in [-0.05, 0) is 31.4 Å². The Morgan fingerprint density at radius 3 is 2.80 bits per heavy atom. The van der Waals surface area contributed by atoms with Crippen molar-refractivity contribution in [2.24, 2.45) is 0 Å². The van der Waals surface area contributed by atoms with Crippen LogP contribution in [-0.2, 0) is 6.42 Å². The van der Waals surface area contributed by atoms with Crippen molar-refractivity contribution in [3.63, 3.8) is 0 Å². The van der Waals surface area contributed by atoms with E-state index in [1.807, 2.05) is 18.2 Å². The van der Waals surface area contributed by atoms with Gasteiger partial charge >= 0.3 is 0 Å². The molecule has 0 saturated carbocycles. The number of hydrogen-bond acceptors (Lipinski definition) is 3. The zero-order chi connectivity index (χ0) is 13.9. The quantitative estimate of drug-likeness (QED) is 0.690. The third kappa shape index (κ3) is 1.45. The molecular weight excluding hydrogens is 272 g/mol. The number of nitrogens with zero attached hydrogens (tertiary/aromatic N) is 4. The fourth-order valence-electron chi connectivity index (χ4n) is 2.92. The highest BCUT2D eigenvalue weighted by Gasteiger charge is 2.31. The summed E-state index contributed by atoms with van der Waals surface area (Å²) in [5, 5.41) is 9.00. The Morgan fingerprint density at radius 2 is 2.00 bits per heavy atom. The van der Waals surface area contributed by atoms with Gasteiger partial charge in [-0.1, -0.05) is 35.9 Å². The Kier molecular flexibility index (Phi) is 2.39. The largest absolute Gasteiger partial charge is 0.279 e. The molecule has 4 rings (SSSR count).